The van der Waals surface area contributed by atoms with Crippen LogP contribution < -0.4 is 0 Å². The molecule has 0 amide bonds. The summed E-state index contributed by atoms with van der Waals surface area (Å²) >= 11 is 0. The summed E-state index contributed by atoms with van der Waals surface area (Å²) in [6, 6.07) is 8.07. The van der Waals surface area contributed by atoms with Gasteiger partial charge in [-0.3, -0.25) is 9.59 Å². The van der Waals surface area contributed by atoms with Crippen molar-refractivity contribution in [3.63, 3.8) is 0 Å². The average Bonchev–Trinajstić information content (AvgIpc) is 2.16. The van der Waals surface area contributed by atoms with E-state index in [0.717, 1.165) is 0 Å². The third-order valence-electron chi connectivity index (χ3n) is 2.97. The molecule has 19 heavy (non-hydrogen) atoms. The summed E-state index contributed by atoms with van der Waals surface area (Å²) in [7, 11) is 0. The molecule has 0 spiro atoms. The van der Waals surface area contributed by atoms with Crippen LogP contribution in [0.4, 0.5) is 0 Å². The predicted octanol–water partition coefficient (Wildman–Crippen LogP) is 0.843. The molecule has 0 aromatic heterocycles. The monoisotopic (exact) mass is 284 g/mol. The second-order valence-electron chi connectivity index (χ2n) is 4.98. The van der Waals surface area contributed by atoms with Crippen LogP contribution in [0.3, 0.4) is 0 Å². The molecule has 6 heteroatoms. The zero-order valence-electron chi connectivity index (χ0n) is 10.1. The van der Waals surface area contributed by atoms with Crippen molar-refractivity contribution in [2.24, 2.45) is 5.41 Å². The van der Waals surface area contributed by atoms with E-state index in [4.69, 9.17) is 0 Å². The third kappa shape index (κ3) is 3.95. The van der Waals surface area contributed by atoms with Gasteiger partial charge in [-0.2, -0.15) is 0 Å². The number of rotatable bonds is 3. The Morgan fingerprint density at radius 2 is 1.32 bits per heavy atom. The molecular weight excluding hydrogens is 266 g/mol. The molecule has 0 atom stereocenters. The number of aliphatic carboxylic acids is 2. The van der Waals surface area contributed by atoms with Gasteiger partial charge in [-0.05, 0) is 11.0 Å². The van der Waals surface area contributed by atoms with E-state index in [0.29, 0.717) is 0 Å². The van der Waals surface area contributed by atoms with Gasteiger partial charge >= 0.3 is 82.2 Å². The van der Waals surface area contributed by atoms with Gasteiger partial charge in [0.2, 0.25) is 0 Å². The van der Waals surface area contributed by atoms with Gasteiger partial charge in [-0.15, -0.1) is 0 Å². The standard InChI is InChI=1S/C13H16O4.K.Li.2H/c1-12(2,3)13(10(14)15,11(16)17)9-7-5-4-6-8-9;;;;/h4-8H,1-3H3,(H,14,15)(H,16,17);;;;. The van der Waals surface area contributed by atoms with Gasteiger partial charge in [0, 0.05) is 0 Å². The van der Waals surface area contributed by atoms with E-state index in [2.05, 4.69) is 0 Å². The van der Waals surface area contributed by atoms with Crippen LogP contribution >= 0.6 is 0 Å². The van der Waals surface area contributed by atoms with E-state index in [1.807, 2.05) is 0 Å². The van der Waals surface area contributed by atoms with Crippen LogP contribution in [0.15, 0.2) is 30.3 Å². The average molecular weight is 284 g/mol. The molecule has 0 aliphatic carbocycles. The Morgan fingerprint density at radius 3 is 1.58 bits per heavy atom. The predicted molar refractivity (Wildman–Crippen MR) is 77.1 cm³/mol. The number of carboxylic acids is 2. The van der Waals surface area contributed by atoms with Gasteiger partial charge in [0.05, 0.1) is 0 Å². The molecule has 0 bridgehead atoms. The van der Waals surface area contributed by atoms with E-state index in [-0.39, 0.29) is 75.8 Å². The number of hydrogen-bond acceptors (Lipinski definition) is 2. The molecule has 0 heterocycles. The second-order valence-corrected chi connectivity index (χ2v) is 4.98. The number of hydrogen-bond donors (Lipinski definition) is 2. The minimum atomic E-state index is -1.94. The van der Waals surface area contributed by atoms with Gasteiger partial charge in [-0.25, -0.2) is 0 Å². The van der Waals surface area contributed by atoms with Crippen LogP contribution in [-0.2, 0) is 15.0 Å². The van der Waals surface area contributed by atoms with Crippen molar-refractivity contribution in [1.29, 1.82) is 0 Å². The molecule has 0 saturated heterocycles. The quantitative estimate of drug-likeness (QED) is 0.637. The number of carbonyl (C=O) groups is 2. The Hall–Kier alpha value is 0.394. The molecule has 96 valence electrons. The van der Waals surface area contributed by atoms with E-state index in [1.54, 1.807) is 39.0 Å². The summed E-state index contributed by atoms with van der Waals surface area (Å²) in [5.41, 5.74) is -2.59. The Morgan fingerprint density at radius 1 is 0.947 bits per heavy atom. The Bertz CT molecular complexity index is 426. The zero-order valence-corrected chi connectivity index (χ0v) is 10.1. The fourth-order valence-corrected chi connectivity index (χ4v) is 2.10. The molecule has 0 aliphatic rings. The molecule has 0 saturated carbocycles. The van der Waals surface area contributed by atoms with Crippen molar-refractivity contribution in [3.05, 3.63) is 35.9 Å². The normalized spacial score (nSPS) is 10.9. The van der Waals surface area contributed by atoms with Crippen LogP contribution in [0.2, 0.25) is 0 Å². The Balaban J connectivity index is 0. The maximum atomic E-state index is 11.5. The fourth-order valence-electron chi connectivity index (χ4n) is 2.10. The van der Waals surface area contributed by atoms with Crippen molar-refractivity contribution < 1.29 is 19.8 Å². The first-order valence-corrected chi connectivity index (χ1v) is 5.27. The van der Waals surface area contributed by atoms with Crippen molar-refractivity contribution in [3.8, 4) is 0 Å². The van der Waals surface area contributed by atoms with Crippen molar-refractivity contribution in [1.82, 2.24) is 0 Å². The molecule has 1 aromatic rings. The van der Waals surface area contributed by atoms with E-state index >= 15 is 0 Å². The molecule has 1 rings (SSSR count). The van der Waals surface area contributed by atoms with Crippen molar-refractivity contribution in [2.75, 3.05) is 0 Å². The summed E-state index contributed by atoms with van der Waals surface area (Å²) in [6.07, 6.45) is 0. The Labute approximate surface area is 167 Å². The van der Waals surface area contributed by atoms with Gasteiger partial charge in [0.15, 0.2) is 5.41 Å². The van der Waals surface area contributed by atoms with Gasteiger partial charge in [-0.1, -0.05) is 51.1 Å². The first-order chi connectivity index (χ1) is 7.74. The van der Waals surface area contributed by atoms with E-state index < -0.39 is 22.8 Å². The minimum absolute atomic E-state index is 0. The SMILES string of the molecule is CC(C)(C)C(C(=O)O)(C(=O)O)c1ccccc1.[KH].[LiH]. The molecular formula is C13H18KLiO4. The molecule has 2 N–H and O–H groups in total. The van der Waals surface area contributed by atoms with Gasteiger partial charge in [0.25, 0.3) is 0 Å². The summed E-state index contributed by atoms with van der Waals surface area (Å²) in [5, 5.41) is 18.8. The number of carboxylic acid groups (broad SMARTS) is 2. The topological polar surface area (TPSA) is 74.6 Å². The second kappa shape index (κ2) is 7.99. The third-order valence-corrected chi connectivity index (χ3v) is 2.97. The van der Waals surface area contributed by atoms with Crippen LogP contribution in [0.1, 0.15) is 26.3 Å². The van der Waals surface area contributed by atoms with Crippen LogP contribution in [0.25, 0.3) is 0 Å². The molecule has 0 fully saturated rings. The summed E-state index contributed by atoms with van der Waals surface area (Å²) in [5.74, 6) is -2.69. The molecule has 0 unspecified atom stereocenters. The zero-order chi connectivity index (χ0) is 13.3. The van der Waals surface area contributed by atoms with Crippen molar-refractivity contribution in [2.45, 2.75) is 26.2 Å². The molecule has 4 nitrogen and oxygen atoms in total. The summed E-state index contributed by atoms with van der Waals surface area (Å²) < 4.78 is 0. The molecule has 1 aromatic carbocycles. The van der Waals surface area contributed by atoms with E-state index in [1.165, 1.54) is 12.1 Å². The first kappa shape index (κ1) is 21.7. The van der Waals surface area contributed by atoms with Crippen molar-refractivity contribution >= 4 is 82.2 Å². The summed E-state index contributed by atoms with van der Waals surface area (Å²) in [4.78, 5) is 23.1. The fraction of sp³-hybridized carbons (Fsp3) is 0.385. The molecule has 0 radical (unpaired) electrons. The summed E-state index contributed by atoms with van der Waals surface area (Å²) in [6.45, 7) is 4.84. The number of benzene rings is 1. The van der Waals surface area contributed by atoms with Crippen LogP contribution in [0.5, 0.6) is 0 Å². The van der Waals surface area contributed by atoms with Crippen LogP contribution in [-0.4, -0.2) is 92.4 Å². The molecule has 0 aliphatic heterocycles. The van der Waals surface area contributed by atoms with Crippen LogP contribution in [0, 0.1) is 5.41 Å². The van der Waals surface area contributed by atoms with Gasteiger partial charge < -0.3 is 10.2 Å². The van der Waals surface area contributed by atoms with E-state index in [9.17, 15) is 19.8 Å². The maximum absolute atomic E-state index is 11.5. The van der Waals surface area contributed by atoms with Gasteiger partial charge in [0.1, 0.15) is 0 Å². The Kier molecular flexibility index (Phi) is 9.12. The first-order valence-electron chi connectivity index (χ1n) is 5.27.